The summed E-state index contributed by atoms with van der Waals surface area (Å²) in [6, 6.07) is 21.0. The Labute approximate surface area is 239 Å². The quantitative estimate of drug-likeness (QED) is 0.310. The van der Waals surface area contributed by atoms with Crippen LogP contribution < -0.4 is 14.4 Å². The van der Waals surface area contributed by atoms with Crippen LogP contribution in [-0.4, -0.2) is 50.4 Å². The van der Waals surface area contributed by atoms with Gasteiger partial charge in [-0.2, -0.15) is 0 Å². The van der Waals surface area contributed by atoms with Crippen LogP contribution in [0.1, 0.15) is 33.3 Å². The summed E-state index contributed by atoms with van der Waals surface area (Å²) < 4.78 is 35.0. The summed E-state index contributed by atoms with van der Waals surface area (Å²) in [5.41, 5.74) is 1.13. The highest BCUT2D eigenvalue weighted by molar-refractivity contribution is 9.10. The van der Waals surface area contributed by atoms with Crippen LogP contribution in [0.4, 0.5) is 5.69 Å². The molecule has 0 aromatic heterocycles. The third-order valence-corrected chi connectivity index (χ3v) is 8.17. The predicted molar refractivity (Wildman–Crippen MR) is 156 cm³/mol. The van der Waals surface area contributed by atoms with E-state index in [2.05, 4.69) is 21.2 Å². The van der Waals surface area contributed by atoms with E-state index in [-0.39, 0.29) is 23.4 Å². The van der Waals surface area contributed by atoms with Crippen molar-refractivity contribution in [2.24, 2.45) is 0 Å². The van der Waals surface area contributed by atoms with Gasteiger partial charge in [-0.05, 0) is 81.8 Å². The summed E-state index contributed by atoms with van der Waals surface area (Å²) in [4.78, 5) is 28.3. The fourth-order valence-electron chi connectivity index (χ4n) is 3.94. The standard InChI is InChI=1S/C29H34BrN3O5S/c1-5-38-26-14-16-27(17-15-26)39(36,37)33(25-12-7-6-8-13-25)20-28(34)32(22(4)29(35)31-21(2)3)19-23-10-9-11-24(30)18-23/h6-18,21-22H,5,19-20H2,1-4H3,(H,31,35)/t22-/m1/s1. The Hall–Kier alpha value is -3.37. The molecule has 1 atom stereocenters. The van der Waals surface area contributed by atoms with Crippen LogP contribution in [0.25, 0.3) is 0 Å². The number of ether oxygens (including phenoxy) is 1. The number of nitrogens with one attached hydrogen (secondary N) is 1. The van der Waals surface area contributed by atoms with Crippen LogP contribution in [0.2, 0.25) is 0 Å². The van der Waals surface area contributed by atoms with Gasteiger partial charge in [-0.25, -0.2) is 8.42 Å². The van der Waals surface area contributed by atoms with E-state index < -0.39 is 28.5 Å². The van der Waals surface area contributed by atoms with Crippen molar-refractivity contribution in [3.05, 3.63) is 88.9 Å². The van der Waals surface area contributed by atoms with Crippen molar-refractivity contribution in [1.29, 1.82) is 0 Å². The van der Waals surface area contributed by atoms with Gasteiger partial charge in [-0.15, -0.1) is 0 Å². The molecule has 0 saturated heterocycles. The number of sulfonamides is 1. The number of halogens is 1. The highest BCUT2D eigenvalue weighted by Gasteiger charge is 2.32. The molecule has 0 aliphatic rings. The monoisotopic (exact) mass is 615 g/mol. The zero-order valence-corrected chi connectivity index (χ0v) is 24.9. The van der Waals surface area contributed by atoms with Gasteiger partial charge < -0.3 is 15.0 Å². The first-order chi connectivity index (χ1) is 18.5. The molecule has 0 saturated carbocycles. The second-order valence-electron chi connectivity index (χ2n) is 9.24. The van der Waals surface area contributed by atoms with Crippen LogP contribution in [0.5, 0.6) is 5.75 Å². The molecule has 8 nitrogen and oxygen atoms in total. The van der Waals surface area contributed by atoms with E-state index >= 15 is 0 Å². The first-order valence-corrected chi connectivity index (χ1v) is 14.9. The summed E-state index contributed by atoms with van der Waals surface area (Å²) in [6.45, 7) is 7.24. The molecule has 0 unspecified atom stereocenters. The number of carbonyl (C=O) groups is 2. The molecule has 2 amide bonds. The smallest absolute Gasteiger partial charge is 0.264 e. The van der Waals surface area contributed by atoms with Crippen molar-refractivity contribution in [3.8, 4) is 5.75 Å². The second-order valence-corrected chi connectivity index (χ2v) is 12.0. The zero-order chi connectivity index (χ0) is 28.6. The highest BCUT2D eigenvalue weighted by Crippen LogP contribution is 2.26. The fourth-order valence-corrected chi connectivity index (χ4v) is 5.81. The van der Waals surface area contributed by atoms with Gasteiger partial charge in [0.25, 0.3) is 10.0 Å². The van der Waals surface area contributed by atoms with Crippen molar-refractivity contribution in [2.45, 2.75) is 51.2 Å². The molecule has 0 aliphatic carbocycles. The van der Waals surface area contributed by atoms with Crippen molar-refractivity contribution >= 4 is 43.5 Å². The molecule has 0 heterocycles. The Bertz CT molecular complexity index is 1370. The minimum atomic E-state index is -4.14. The molecule has 3 rings (SSSR count). The average molecular weight is 617 g/mol. The first-order valence-electron chi connectivity index (χ1n) is 12.7. The number of anilines is 1. The maximum atomic E-state index is 13.9. The average Bonchev–Trinajstić information content (AvgIpc) is 2.90. The molecule has 10 heteroatoms. The molecule has 0 spiro atoms. The summed E-state index contributed by atoms with van der Waals surface area (Å²) in [7, 11) is -4.14. The molecule has 1 N–H and O–H groups in total. The number of hydrogen-bond acceptors (Lipinski definition) is 5. The van der Waals surface area contributed by atoms with Gasteiger partial charge in [0.2, 0.25) is 11.8 Å². The van der Waals surface area contributed by atoms with Crippen molar-refractivity contribution < 1.29 is 22.7 Å². The lowest BCUT2D eigenvalue weighted by Crippen LogP contribution is -2.52. The maximum absolute atomic E-state index is 13.9. The second kappa shape index (κ2) is 13.6. The van der Waals surface area contributed by atoms with Gasteiger partial charge in [0, 0.05) is 17.1 Å². The fraction of sp³-hybridized carbons (Fsp3) is 0.310. The van der Waals surface area contributed by atoms with Gasteiger partial charge in [0.1, 0.15) is 18.3 Å². The summed E-state index contributed by atoms with van der Waals surface area (Å²) >= 11 is 3.45. The van der Waals surface area contributed by atoms with Crippen molar-refractivity contribution in [1.82, 2.24) is 10.2 Å². The van der Waals surface area contributed by atoms with Gasteiger partial charge in [0.15, 0.2) is 0 Å². The van der Waals surface area contributed by atoms with Crippen molar-refractivity contribution in [3.63, 3.8) is 0 Å². The number of nitrogens with zero attached hydrogens (tertiary/aromatic N) is 2. The molecular weight excluding hydrogens is 582 g/mol. The van der Waals surface area contributed by atoms with E-state index in [1.165, 1.54) is 17.0 Å². The van der Waals surface area contributed by atoms with E-state index in [1.54, 1.807) is 49.4 Å². The third-order valence-electron chi connectivity index (χ3n) is 5.89. The Morgan fingerprint density at radius 2 is 1.62 bits per heavy atom. The molecule has 0 aliphatic heterocycles. The van der Waals surface area contributed by atoms with Gasteiger partial charge in [0.05, 0.1) is 17.2 Å². The summed E-state index contributed by atoms with van der Waals surface area (Å²) in [5, 5.41) is 2.85. The van der Waals surface area contributed by atoms with E-state index in [9.17, 15) is 18.0 Å². The van der Waals surface area contributed by atoms with Crippen LogP contribution >= 0.6 is 15.9 Å². The Balaban J connectivity index is 1.99. The van der Waals surface area contributed by atoms with Gasteiger partial charge in [-0.3, -0.25) is 13.9 Å². The maximum Gasteiger partial charge on any atom is 0.264 e. The Morgan fingerprint density at radius 3 is 2.21 bits per heavy atom. The molecule has 3 aromatic rings. The molecule has 3 aromatic carbocycles. The number of carbonyl (C=O) groups excluding carboxylic acids is 2. The van der Waals surface area contributed by atoms with E-state index in [0.717, 1.165) is 14.3 Å². The minimum absolute atomic E-state index is 0.0201. The predicted octanol–water partition coefficient (Wildman–Crippen LogP) is 4.99. The molecule has 0 bridgehead atoms. The Kier molecular flexibility index (Phi) is 10.5. The van der Waals surface area contributed by atoms with Crippen LogP contribution in [0.3, 0.4) is 0 Å². The van der Waals surface area contributed by atoms with Gasteiger partial charge in [-0.1, -0.05) is 46.3 Å². The SMILES string of the molecule is CCOc1ccc(S(=O)(=O)N(CC(=O)N(Cc2cccc(Br)c2)[C@H](C)C(=O)NC(C)C)c2ccccc2)cc1. The lowest BCUT2D eigenvalue weighted by atomic mass is 10.1. The van der Waals surface area contributed by atoms with Crippen molar-refractivity contribution in [2.75, 3.05) is 17.5 Å². The van der Waals surface area contributed by atoms with Crippen LogP contribution in [-0.2, 0) is 26.2 Å². The van der Waals surface area contributed by atoms with E-state index in [4.69, 9.17) is 4.74 Å². The first kappa shape index (κ1) is 30.2. The highest BCUT2D eigenvalue weighted by atomic mass is 79.9. The Morgan fingerprint density at radius 1 is 0.949 bits per heavy atom. The summed E-state index contributed by atoms with van der Waals surface area (Å²) in [6.07, 6.45) is 0. The number of amides is 2. The number of benzene rings is 3. The summed E-state index contributed by atoms with van der Waals surface area (Å²) in [5.74, 6) is -0.294. The number of rotatable bonds is 12. The number of para-hydroxylation sites is 1. The third kappa shape index (κ3) is 8.06. The largest absolute Gasteiger partial charge is 0.494 e. The molecule has 208 valence electrons. The molecule has 0 radical (unpaired) electrons. The number of hydrogen-bond donors (Lipinski definition) is 1. The topological polar surface area (TPSA) is 96.0 Å². The van der Waals surface area contributed by atoms with Crippen LogP contribution in [0.15, 0.2) is 88.2 Å². The molecule has 0 fully saturated rings. The normalized spacial score (nSPS) is 12.1. The molecular formula is C29H34BrN3O5S. The lowest BCUT2D eigenvalue weighted by Gasteiger charge is -2.32. The lowest BCUT2D eigenvalue weighted by molar-refractivity contribution is -0.139. The van der Waals surface area contributed by atoms with E-state index in [1.807, 2.05) is 45.0 Å². The van der Waals surface area contributed by atoms with E-state index in [0.29, 0.717) is 18.0 Å². The van der Waals surface area contributed by atoms with Crippen LogP contribution in [0, 0.1) is 0 Å². The van der Waals surface area contributed by atoms with Gasteiger partial charge >= 0.3 is 0 Å². The zero-order valence-electron chi connectivity index (χ0n) is 22.5. The molecule has 39 heavy (non-hydrogen) atoms. The minimum Gasteiger partial charge on any atom is -0.494 e.